The molecule has 0 aromatic rings. The third-order valence-corrected chi connectivity index (χ3v) is 7.64. The van der Waals surface area contributed by atoms with Crippen molar-refractivity contribution < 1.29 is 18.9 Å². The van der Waals surface area contributed by atoms with Crippen LogP contribution in [0.1, 0.15) is 0 Å². The van der Waals surface area contributed by atoms with Crippen LogP contribution in [0.4, 0.5) is 0 Å². The van der Waals surface area contributed by atoms with Crippen LogP contribution in [0.5, 0.6) is 0 Å². The first-order valence-electron chi connectivity index (χ1n) is 6.45. The van der Waals surface area contributed by atoms with Gasteiger partial charge in [0.15, 0.2) is 0 Å². The number of hydrogen-bond donors (Lipinski definition) is 1. The molecule has 0 radical (unpaired) electrons. The summed E-state index contributed by atoms with van der Waals surface area (Å²) in [5.41, 5.74) is 0. The quantitative estimate of drug-likeness (QED) is 0.404. The highest BCUT2D eigenvalue weighted by atomic mass is 28.3. The second-order valence-corrected chi connectivity index (χ2v) is 8.84. The summed E-state index contributed by atoms with van der Waals surface area (Å²) in [6.45, 7) is 4.00. The van der Waals surface area contributed by atoms with E-state index in [-0.39, 0.29) is 0 Å². The van der Waals surface area contributed by atoms with Crippen LogP contribution in [-0.4, -0.2) is 69.6 Å². The van der Waals surface area contributed by atoms with Crippen molar-refractivity contribution in [3.05, 3.63) is 0 Å². The van der Waals surface area contributed by atoms with Gasteiger partial charge in [-0.1, -0.05) is 0 Å². The first kappa shape index (κ1) is 18.0. The molecular formula is C12H29NO4Si. The molecular weight excluding hydrogens is 250 g/mol. The van der Waals surface area contributed by atoms with Crippen molar-refractivity contribution in [3.8, 4) is 0 Å². The Labute approximate surface area is 112 Å². The van der Waals surface area contributed by atoms with Crippen LogP contribution < -0.4 is 4.98 Å². The molecule has 0 saturated carbocycles. The van der Waals surface area contributed by atoms with Gasteiger partial charge in [-0.15, -0.1) is 0 Å². The van der Waals surface area contributed by atoms with Gasteiger partial charge in [0.2, 0.25) is 0 Å². The molecule has 0 spiro atoms. The van der Waals surface area contributed by atoms with E-state index in [1.54, 1.807) is 28.4 Å². The Morgan fingerprint density at radius 3 is 1.39 bits per heavy atom. The molecule has 5 nitrogen and oxygen atoms in total. The average Bonchev–Trinajstić information content (AvgIpc) is 2.40. The van der Waals surface area contributed by atoms with E-state index < -0.39 is 8.24 Å². The summed E-state index contributed by atoms with van der Waals surface area (Å²) in [5.74, 6) is 0. The van der Waals surface area contributed by atoms with Crippen molar-refractivity contribution >= 4 is 8.24 Å². The van der Waals surface area contributed by atoms with Gasteiger partial charge in [-0.05, 0) is 18.1 Å². The number of hydrogen-bond acceptors (Lipinski definition) is 5. The van der Waals surface area contributed by atoms with Crippen molar-refractivity contribution in [1.82, 2.24) is 4.98 Å². The van der Waals surface area contributed by atoms with E-state index in [1.165, 1.54) is 0 Å². The Balaban J connectivity index is 4.41. The van der Waals surface area contributed by atoms with Gasteiger partial charge in [0.05, 0.1) is 6.61 Å². The molecule has 110 valence electrons. The van der Waals surface area contributed by atoms with Gasteiger partial charge in [-0.2, -0.15) is 0 Å². The molecule has 0 aromatic carbocycles. The minimum absolute atomic E-state index is 0.738. The van der Waals surface area contributed by atoms with Crippen LogP contribution in [0.15, 0.2) is 0 Å². The molecule has 0 bridgehead atoms. The van der Waals surface area contributed by atoms with Crippen molar-refractivity contribution in [2.45, 2.75) is 18.1 Å². The molecule has 0 rings (SSSR count). The molecule has 0 aromatic heterocycles. The molecule has 6 heteroatoms. The zero-order valence-corrected chi connectivity index (χ0v) is 13.3. The molecule has 0 aliphatic heterocycles. The van der Waals surface area contributed by atoms with E-state index >= 15 is 0 Å². The van der Waals surface area contributed by atoms with Gasteiger partial charge in [-0.3, -0.25) is 0 Å². The highest BCUT2D eigenvalue weighted by Gasteiger charge is 2.31. The number of methoxy groups -OCH3 is 4. The number of rotatable bonds is 13. The predicted molar refractivity (Wildman–Crippen MR) is 75.7 cm³/mol. The summed E-state index contributed by atoms with van der Waals surface area (Å²) >= 11 is 0. The smallest absolute Gasteiger partial charge is 0.132 e. The topological polar surface area (TPSA) is 49.0 Å². The van der Waals surface area contributed by atoms with Crippen molar-refractivity contribution in [1.29, 1.82) is 0 Å². The van der Waals surface area contributed by atoms with Crippen LogP contribution in [-0.2, 0) is 18.9 Å². The minimum atomic E-state index is -1.60. The van der Waals surface area contributed by atoms with Gasteiger partial charge in [0, 0.05) is 54.8 Å². The Morgan fingerprint density at radius 1 is 0.667 bits per heavy atom. The number of ether oxygens (including phenoxy) is 4. The standard InChI is InChI=1S/C12H29NO4Si/c1-14-6-5-13-18(10-7-15-2,11-8-16-3)12-9-17-4/h13H,5-12H2,1-4H3. The zero-order valence-electron chi connectivity index (χ0n) is 12.3. The maximum Gasteiger partial charge on any atom is 0.132 e. The van der Waals surface area contributed by atoms with E-state index in [4.69, 9.17) is 18.9 Å². The minimum Gasteiger partial charge on any atom is -0.385 e. The van der Waals surface area contributed by atoms with Gasteiger partial charge >= 0.3 is 0 Å². The molecule has 0 atom stereocenters. The van der Waals surface area contributed by atoms with Crippen LogP contribution in [0.2, 0.25) is 18.1 Å². The van der Waals surface area contributed by atoms with Crippen molar-refractivity contribution in [2.24, 2.45) is 0 Å². The summed E-state index contributed by atoms with van der Waals surface area (Å²) in [6.07, 6.45) is 0. The highest BCUT2D eigenvalue weighted by molar-refractivity contribution is 6.77. The second kappa shape index (κ2) is 12.1. The van der Waals surface area contributed by atoms with Gasteiger partial charge in [0.25, 0.3) is 0 Å². The Morgan fingerprint density at radius 2 is 1.06 bits per heavy atom. The van der Waals surface area contributed by atoms with Crippen molar-refractivity contribution in [3.63, 3.8) is 0 Å². The van der Waals surface area contributed by atoms with Gasteiger partial charge in [-0.25, -0.2) is 0 Å². The SMILES string of the molecule is COCCN[Si](CCOC)(CCOC)CCOC. The lowest BCUT2D eigenvalue weighted by Crippen LogP contribution is -2.53. The monoisotopic (exact) mass is 279 g/mol. The summed E-state index contributed by atoms with van der Waals surface area (Å²) in [7, 11) is 5.38. The first-order valence-corrected chi connectivity index (χ1v) is 9.07. The molecule has 0 aliphatic rings. The van der Waals surface area contributed by atoms with Crippen LogP contribution in [0.25, 0.3) is 0 Å². The third kappa shape index (κ3) is 8.18. The van der Waals surface area contributed by atoms with Gasteiger partial charge < -0.3 is 23.9 Å². The van der Waals surface area contributed by atoms with Crippen molar-refractivity contribution in [2.75, 3.05) is 61.4 Å². The summed E-state index contributed by atoms with van der Waals surface area (Å²) < 4.78 is 20.9. The predicted octanol–water partition coefficient (Wildman–Crippen LogP) is 1.11. The van der Waals surface area contributed by atoms with E-state index in [0.29, 0.717) is 0 Å². The van der Waals surface area contributed by atoms with Crippen LogP contribution >= 0.6 is 0 Å². The van der Waals surface area contributed by atoms with E-state index in [2.05, 4.69) is 4.98 Å². The summed E-state index contributed by atoms with van der Waals surface area (Å²) in [4.78, 5) is 3.71. The largest absolute Gasteiger partial charge is 0.385 e. The van der Waals surface area contributed by atoms with Gasteiger partial charge in [0.1, 0.15) is 8.24 Å². The lowest BCUT2D eigenvalue weighted by Gasteiger charge is -2.32. The van der Waals surface area contributed by atoms with E-state index in [1.807, 2.05) is 0 Å². The fraction of sp³-hybridized carbons (Fsp3) is 1.00. The molecule has 0 saturated heterocycles. The third-order valence-electron chi connectivity index (χ3n) is 3.16. The summed E-state index contributed by atoms with van der Waals surface area (Å²) in [6, 6.07) is 3.25. The first-order chi connectivity index (χ1) is 8.74. The van der Waals surface area contributed by atoms with E-state index in [0.717, 1.165) is 51.1 Å². The maximum absolute atomic E-state index is 5.25. The Bertz CT molecular complexity index is 162. The van der Waals surface area contributed by atoms with Crippen LogP contribution in [0.3, 0.4) is 0 Å². The Hall–Kier alpha value is 0.0169. The molecule has 1 N–H and O–H groups in total. The highest BCUT2D eigenvalue weighted by Crippen LogP contribution is 2.18. The molecule has 0 unspecified atom stereocenters. The fourth-order valence-corrected chi connectivity index (χ4v) is 5.65. The summed E-state index contributed by atoms with van der Waals surface area (Å²) in [5, 5.41) is 0. The normalized spacial score (nSPS) is 12.0. The maximum atomic E-state index is 5.25. The lowest BCUT2D eigenvalue weighted by molar-refractivity contribution is 0.194. The lowest BCUT2D eigenvalue weighted by atomic mass is 10.7. The molecule has 0 aliphatic carbocycles. The zero-order chi connectivity index (χ0) is 13.7. The molecule has 0 heterocycles. The molecule has 0 fully saturated rings. The Kier molecular flexibility index (Phi) is 12.1. The fourth-order valence-electron chi connectivity index (χ4n) is 1.95. The average molecular weight is 279 g/mol. The van der Waals surface area contributed by atoms with Crippen LogP contribution in [0, 0.1) is 0 Å². The second-order valence-electron chi connectivity index (χ2n) is 4.43. The molecule has 0 amide bonds. The van der Waals surface area contributed by atoms with E-state index in [9.17, 15) is 0 Å². The molecule has 18 heavy (non-hydrogen) atoms. The number of nitrogens with one attached hydrogen (secondary N) is 1.